The molecule has 9 heteroatoms. The molecule has 3 aromatic heterocycles. The van der Waals surface area contributed by atoms with E-state index in [0.717, 1.165) is 40.9 Å². The molecule has 0 aliphatic heterocycles. The molecule has 8 nitrogen and oxygen atoms in total. The van der Waals surface area contributed by atoms with Gasteiger partial charge in [-0.05, 0) is 42.1 Å². The molecular formula is C25H27N5O3Si. The van der Waals surface area contributed by atoms with Crippen LogP contribution < -0.4 is 4.74 Å². The van der Waals surface area contributed by atoms with E-state index in [9.17, 15) is 0 Å². The van der Waals surface area contributed by atoms with Crippen LogP contribution in [0, 0.1) is 11.3 Å². The van der Waals surface area contributed by atoms with Crippen molar-refractivity contribution in [3.05, 3.63) is 59.7 Å². The maximum absolute atomic E-state index is 9.16. The second-order valence-electron chi connectivity index (χ2n) is 9.77. The Kier molecular flexibility index (Phi) is 5.94. The summed E-state index contributed by atoms with van der Waals surface area (Å²) in [5.74, 6) is 1.10. The van der Waals surface area contributed by atoms with Gasteiger partial charge in [-0.2, -0.15) is 10.4 Å². The molecule has 1 atom stereocenters. The van der Waals surface area contributed by atoms with Crippen molar-refractivity contribution in [3.63, 3.8) is 0 Å². The van der Waals surface area contributed by atoms with E-state index in [1.165, 1.54) is 6.39 Å². The summed E-state index contributed by atoms with van der Waals surface area (Å²) < 4.78 is 19.6. The molecule has 34 heavy (non-hydrogen) atoms. The molecular weight excluding hydrogens is 446 g/mol. The smallest absolute Gasteiger partial charge is 0.214 e. The van der Waals surface area contributed by atoms with Gasteiger partial charge in [-0.3, -0.25) is 0 Å². The van der Waals surface area contributed by atoms with Gasteiger partial charge in [-0.25, -0.2) is 14.6 Å². The lowest BCUT2D eigenvalue weighted by Gasteiger charge is -2.15. The zero-order valence-electron chi connectivity index (χ0n) is 19.6. The number of benzene rings is 1. The highest BCUT2D eigenvalue weighted by atomic mass is 28.3. The Morgan fingerprint density at radius 3 is 2.88 bits per heavy atom. The molecule has 0 saturated heterocycles. The Morgan fingerprint density at radius 1 is 1.24 bits per heavy atom. The third kappa shape index (κ3) is 4.60. The number of ether oxygens (including phenoxy) is 2. The van der Waals surface area contributed by atoms with Crippen LogP contribution >= 0.6 is 0 Å². The predicted molar refractivity (Wildman–Crippen MR) is 130 cm³/mol. The van der Waals surface area contributed by atoms with Gasteiger partial charge in [0.1, 0.15) is 18.5 Å². The first-order valence-corrected chi connectivity index (χ1v) is 15.1. The number of hydrogen-bond acceptors (Lipinski definition) is 7. The third-order valence-corrected chi connectivity index (χ3v) is 7.75. The van der Waals surface area contributed by atoms with Crippen LogP contribution in [0.15, 0.2) is 47.5 Å². The lowest BCUT2D eigenvalue weighted by atomic mass is 10.1. The molecule has 1 aliphatic rings. The molecule has 1 aromatic carbocycles. The molecule has 0 amide bonds. The van der Waals surface area contributed by atoms with Crippen LogP contribution in [0.25, 0.3) is 22.4 Å². The van der Waals surface area contributed by atoms with E-state index in [-0.39, 0.29) is 6.10 Å². The Hall–Kier alpha value is -3.48. The molecule has 0 spiro atoms. The van der Waals surface area contributed by atoms with Gasteiger partial charge in [-0.1, -0.05) is 25.7 Å². The van der Waals surface area contributed by atoms with Gasteiger partial charge in [-0.15, -0.1) is 0 Å². The standard InChI is InChI=1S/C25H27N5O3Si/c1-34(2,3)9-8-31-16-30-21-13-28-24(11-20(21)25(29-30)23-14-27-15-32-23)33-22-7-5-18-10-17(12-26)4-6-19(18)22/h4,6,10-11,13-15,22H,5,7-9,16H2,1-3H3. The quantitative estimate of drug-likeness (QED) is 0.252. The molecule has 174 valence electrons. The summed E-state index contributed by atoms with van der Waals surface area (Å²) in [7, 11) is -1.17. The average molecular weight is 474 g/mol. The molecule has 3 heterocycles. The first-order valence-electron chi connectivity index (χ1n) is 11.4. The monoisotopic (exact) mass is 473 g/mol. The topological polar surface area (TPSA) is 99.0 Å². The number of hydrogen-bond donors (Lipinski definition) is 0. The Bertz CT molecular complexity index is 1350. The number of nitriles is 1. The van der Waals surface area contributed by atoms with E-state index in [0.29, 0.717) is 36.2 Å². The van der Waals surface area contributed by atoms with Gasteiger partial charge in [0.15, 0.2) is 12.2 Å². The summed E-state index contributed by atoms with van der Waals surface area (Å²) in [6, 6.07) is 11.0. The van der Waals surface area contributed by atoms with Crippen LogP contribution in [0.2, 0.25) is 25.7 Å². The minimum Gasteiger partial charge on any atom is -0.469 e. The lowest BCUT2D eigenvalue weighted by molar-refractivity contribution is 0.0818. The fourth-order valence-corrected chi connectivity index (χ4v) is 4.93. The number of aryl methyl sites for hydroxylation is 1. The number of nitrogens with zero attached hydrogens (tertiary/aromatic N) is 5. The van der Waals surface area contributed by atoms with Crippen LogP contribution in [0.5, 0.6) is 5.88 Å². The predicted octanol–water partition coefficient (Wildman–Crippen LogP) is 5.34. The molecule has 4 aromatic rings. The van der Waals surface area contributed by atoms with E-state index in [4.69, 9.17) is 24.3 Å². The van der Waals surface area contributed by atoms with Crippen molar-refractivity contribution in [1.82, 2.24) is 19.7 Å². The maximum atomic E-state index is 9.16. The molecule has 0 saturated carbocycles. The highest BCUT2D eigenvalue weighted by Gasteiger charge is 2.25. The highest BCUT2D eigenvalue weighted by Crippen LogP contribution is 2.36. The van der Waals surface area contributed by atoms with Crippen LogP contribution in [0.3, 0.4) is 0 Å². The van der Waals surface area contributed by atoms with Crippen LogP contribution in [0.1, 0.15) is 29.2 Å². The molecule has 0 radical (unpaired) electrons. The molecule has 1 aliphatic carbocycles. The number of fused-ring (bicyclic) bond motifs is 2. The van der Waals surface area contributed by atoms with Gasteiger partial charge >= 0.3 is 0 Å². The first kappa shape index (κ1) is 22.3. The lowest BCUT2D eigenvalue weighted by Crippen LogP contribution is -2.22. The van der Waals surface area contributed by atoms with Gasteiger partial charge < -0.3 is 13.9 Å². The molecule has 0 N–H and O–H groups in total. The summed E-state index contributed by atoms with van der Waals surface area (Å²) in [5, 5.41) is 14.8. The molecule has 0 fully saturated rings. The van der Waals surface area contributed by atoms with Crippen molar-refractivity contribution in [2.75, 3.05) is 6.61 Å². The number of oxazole rings is 1. The molecule has 1 unspecified atom stereocenters. The number of aromatic nitrogens is 4. The fourth-order valence-electron chi connectivity index (χ4n) is 4.18. The SMILES string of the molecule is C[Si](C)(C)CCOCn1nc(-c2cnco2)c2cc(OC3CCc4cc(C#N)ccc43)ncc21. The van der Waals surface area contributed by atoms with Crippen molar-refractivity contribution >= 4 is 19.0 Å². The van der Waals surface area contributed by atoms with E-state index in [2.05, 4.69) is 35.7 Å². The number of rotatable bonds is 8. The van der Waals surface area contributed by atoms with E-state index >= 15 is 0 Å². The molecule has 0 bridgehead atoms. The van der Waals surface area contributed by atoms with Gasteiger partial charge in [0.2, 0.25) is 5.88 Å². The van der Waals surface area contributed by atoms with Crippen molar-refractivity contribution < 1.29 is 13.9 Å². The Labute approximate surface area is 199 Å². The Morgan fingerprint density at radius 2 is 2.12 bits per heavy atom. The third-order valence-electron chi connectivity index (χ3n) is 6.05. The molecule has 5 rings (SSSR count). The summed E-state index contributed by atoms with van der Waals surface area (Å²) in [5.41, 5.74) is 4.48. The summed E-state index contributed by atoms with van der Waals surface area (Å²) in [4.78, 5) is 8.62. The van der Waals surface area contributed by atoms with Crippen molar-refractivity contribution in [3.8, 4) is 23.4 Å². The minimum absolute atomic E-state index is 0.0960. The summed E-state index contributed by atoms with van der Waals surface area (Å²) in [6.45, 7) is 8.04. The summed E-state index contributed by atoms with van der Waals surface area (Å²) in [6.07, 6.45) is 6.46. The second kappa shape index (κ2) is 9.04. The summed E-state index contributed by atoms with van der Waals surface area (Å²) >= 11 is 0. The van der Waals surface area contributed by atoms with Gasteiger partial charge in [0.25, 0.3) is 0 Å². The maximum Gasteiger partial charge on any atom is 0.214 e. The van der Waals surface area contributed by atoms with Crippen LogP contribution in [0.4, 0.5) is 0 Å². The highest BCUT2D eigenvalue weighted by molar-refractivity contribution is 6.76. The number of pyridine rings is 1. The Balaban J connectivity index is 1.41. The zero-order valence-corrected chi connectivity index (χ0v) is 20.6. The van der Waals surface area contributed by atoms with Crippen LogP contribution in [-0.2, 0) is 17.9 Å². The van der Waals surface area contributed by atoms with Crippen LogP contribution in [-0.4, -0.2) is 34.4 Å². The average Bonchev–Trinajstić information content (AvgIpc) is 3.55. The fraction of sp³-hybridized carbons (Fsp3) is 0.360. The van der Waals surface area contributed by atoms with Gasteiger partial charge in [0, 0.05) is 26.1 Å². The van der Waals surface area contributed by atoms with Crippen molar-refractivity contribution in [1.29, 1.82) is 5.26 Å². The van der Waals surface area contributed by atoms with E-state index in [1.807, 2.05) is 28.9 Å². The second-order valence-corrected chi connectivity index (χ2v) is 15.4. The van der Waals surface area contributed by atoms with Gasteiger partial charge in [0.05, 0.1) is 29.5 Å². The van der Waals surface area contributed by atoms with Crippen molar-refractivity contribution in [2.45, 2.75) is 51.4 Å². The van der Waals surface area contributed by atoms with E-state index < -0.39 is 8.07 Å². The zero-order chi connectivity index (χ0) is 23.7. The first-order chi connectivity index (χ1) is 16.4. The van der Waals surface area contributed by atoms with E-state index in [1.54, 1.807) is 12.4 Å². The van der Waals surface area contributed by atoms with Crippen molar-refractivity contribution in [2.24, 2.45) is 0 Å². The normalized spacial score (nSPS) is 15.4. The minimum atomic E-state index is -1.17. The largest absolute Gasteiger partial charge is 0.469 e.